The van der Waals surface area contributed by atoms with Gasteiger partial charge < -0.3 is 19.7 Å². The number of nitrogens with zero attached hydrogens (tertiary/aromatic N) is 1. The highest BCUT2D eigenvalue weighted by atomic mass is 35.5. The summed E-state index contributed by atoms with van der Waals surface area (Å²) in [4.78, 5) is 40.6. The minimum Gasteiger partial charge on any atom is -0.504 e. The summed E-state index contributed by atoms with van der Waals surface area (Å²) in [7, 11) is 0. The van der Waals surface area contributed by atoms with Crippen LogP contribution in [0.15, 0.2) is 93.7 Å². The summed E-state index contributed by atoms with van der Waals surface area (Å²) in [6.07, 6.45) is 9.12. The number of allylic oxidation sites excluding steroid dienone is 1. The fourth-order valence-electron chi connectivity index (χ4n) is 6.60. The lowest BCUT2D eigenvalue weighted by molar-refractivity contribution is -0.133. The van der Waals surface area contributed by atoms with E-state index >= 15 is 0 Å². The molecule has 2 fully saturated rings. The van der Waals surface area contributed by atoms with E-state index in [0.29, 0.717) is 30.3 Å². The molecule has 1 aliphatic heterocycles. The highest BCUT2D eigenvalue weighted by molar-refractivity contribution is 6.30. The van der Waals surface area contributed by atoms with Gasteiger partial charge in [-0.25, -0.2) is 0 Å². The van der Waals surface area contributed by atoms with Crippen molar-refractivity contribution in [3.05, 3.63) is 122 Å². The molecular formula is C37H37ClN2O5. The van der Waals surface area contributed by atoms with Crippen LogP contribution < -0.4 is 10.7 Å². The van der Waals surface area contributed by atoms with Crippen LogP contribution in [0.25, 0.3) is 11.0 Å². The Morgan fingerprint density at radius 2 is 1.78 bits per heavy atom. The predicted octanol–water partition coefficient (Wildman–Crippen LogP) is 7.29. The first-order valence-electron chi connectivity index (χ1n) is 15.7. The van der Waals surface area contributed by atoms with E-state index in [-0.39, 0.29) is 34.4 Å². The summed E-state index contributed by atoms with van der Waals surface area (Å²) in [5.74, 6) is -0.218. The molecule has 1 aromatic heterocycles. The normalized spacial score (nSPS) is 17.7. The Kier molecular flexibility index (Phi) is 9.36. The number of rotatable bonds is 8. The molecule has 3 aromatic carbocycles. The van der Waals surface area contributed by atoms with E-state index < -0.39 is 11.3 Å². The maximum absolute atomic E-state index is 13.4. The number of carbonyl (C=O) groups is 2. The Hall–Kier alpha value is -4.36. The van der Waals surface area contributed by atoms with Crippen LogP contribution in [-0.4, -0.2) is 34.4 Å². The van der Waals surface area contributed by atoms with Gasteiger partial charge in [-0.05, 0) is 91.8 Å². The topological polar surface area (TPSA) is 99.9 Å². The quantitative estimate of drug-likeness (QED) is 0.201. The van der Waals surface area contributed by atoms with E-state index in [1.165, 1.54) is 28.8 Å². The van der Waals surface area contributed by atoms with E-state index in [9.17, 15) is 19.5 Å². The minimum atomic E-state index is -0.525. The Morgan fingerprint density at radius 1 is 1.00 bits per heavy atom. The first kappa shape index (κ1) is 30.7. The molecule has 6 rings (SSSR count). The molecule has 1 saturated carbocycles. The summed E-state index contributed by atoms with van der Waals surface area (Å²) in [6, 6.07) is 21.4. The molecule has 2 heterocycles. The summed E-state index contributed by atoms with van der Waals surface area (Å²) >= 11 is 6.12. The van der Waals surface area contributed by atoms with Gasteiger partial charge in [-0.15, -0.1) is 0 Å². The van der Waals surface area contributed by atoms with Crippen molar-refractivity contribution < 1.29 is 19.1 Å². The smallest absolute Gasteiger partial charge is 0.287 e. The number of hydrogen-bond donors (Lipinski definition) is 2. The Labute approximate surface area is 267 Å². The molecule has 0 bridgehead atoms. The van der Waals surface area contributed by atoms with E-state index in [0.717, 1.165) is 50.6 Å². The Bertz CT molecular complexity index is 1790. The number of para-hydroxylation sites is 1. The maximum Gasteiger partial charge on any atom is 0.287 e. The SMILES string of the molecule is O=C(N[C@H](C=C1CCC(c2ccccc2CN2CCCCC2=O)CC1)Cc1ccc(Cl)cc1)c1cc(=O)c2cccc(O)c2o1. The third-order valence-electron chi connectivity index (χ3n) is 8.99. The third kappa shape index (κ3) is 7.31. The highest BCUT2D eigenvalue weighted by Gasteiger charge is 2.25. The van der Waals surface area contributed by atoms with Crippen LogP contribution in [0.1, 0.15) is 78.1 Å². The number of amides is 2. The van der Waals surface area contributed by atoms with Crippen LogP contribution in [0.3, 0.4) is 0 Å². The second-order valence-electron chi connectivity index (χ2n) is 12.1. The number of phenolic OH excluding ortho intramolecular Hbond substituents is 1. The molecule has 7 nitrogen and oxygen atoms in total. The monoisotopic (exact) mass is 624 g/mol. The summed E-state index contributed by atoms with van der Waals surface area (Å²) in [5, 5.41) is 14.1. The molecular weight excluding hydrogens is 588 g/mol. The molecule has 2 amide bonds. The maximum atomic E-state index is 13.4. The first-order chi connectivity index (χ1) is 21.8. The second-order valence-corrected chi connectivity index (χ2v) is 12.5. The van der Waals surface area contributed by atoms with Gasteiger partial charge in [-0.2, -0.15) is 0 Å². The van der Waals surface area contributed by atoms with Gasteiger partial charge in [-0.3, -0.25) is 14.4 Å². The molecule has 8 heteroatoms. The van der Waals surface area contributed by atoms with Gasteiger partial charge in [0.25, 0.3) is 5.91 Å². The van der Waals surface area contributed by atoms with E-state index in [2.05, 4.69) is 35.7 Å². The van der Waals surface area contributed by atoms with Gasteiger partial charge in [-0.1, -0.05) is 65.7 Å². The average molecular weight is 625 g/mol. The Morgan fingerprint density at radius 3 is 2.56 bits per heavy atom. The number of fused-ring (bicyclic) bond motifs is 1. The molecule has 1 atom stereocenters. The summed E-state index contributed by atoms with van der Waals surface area (Å²) in [6.45, 7) is 1.50. The molecule has 0 radical (unpaired) electrons. The zero-order chi connectivity index (χ0) is 31.3. The number of hydrogen-bond acceptors (Lipinski definition) is 5. The van der Waals surface area contributed by atoms with Gasteiger partial charge >= 0.3 is 0 Å². The van der Waals surface area contributed by atoms with Crippen LogP contribution >= 0.6 is 11.6 Å². The van der Waals surface area contributed by atoms with Crippen molar-refractivity contribution in [3.63, 3.8) is 0 Å². The van der Waals surface area contributed by atoms with Crippen LogP contribution in [0.2, 0.25) is 5.02 Å². The molecule has 0 unspecified atom stereocenters. The van der Waals surface area contributed by atoms with Gasteiger partial charge in [0.1, 0.15) is 0 Å². The number of carbonyl (C=O) groups excluding carboxylic acids is 2. The van der Waals surface area contributed by atoms with E-state index in [1.807, 2.05) is 29.2 Å². The third-order valence-corrected chi connectivity index (χ3v) is 9.24. The van der Waals surface area contributed by atoms with Crippen LogP contribution in [0.5, 0.6) is 5.75 Å². The number of halogens is 1. The van der Waals surface area contributed by atoms with Crippen LogP contribution in [0, 0.1) is 0 Å². The van der Waals surface area contributed by atoms with Crippen LogP contribution in [0.4, 0.5) is 0 Å². The van der Waals surface area contributed by atoms with Gasteiger partial charge in [0, 0.05) is 30.6 Å². The minimum absolute atomic E-state index is 0.00832. The summed E-state index contributed by atoms with van der Waals surface area (Å²) in [5.41, 5.74) is 4.44. The number of likely N-dealkylation sites (tertiary alicyclic amines) is 1. The molecule has 4 aromatic rings. The molecule has 2 aliphatic rings. The van der Waals surface area contributed by atoms with Crippen molar-refractivity contribution >= 4 is 34.4 Å². The zero-order valence-electron chi connectivity index (χ0n) is 25.1. The lowest BCUT2D eigenvalue weighted by atomic mass is 9.79. The largest absolute Gasteiger partial charge is 0.504 e. The van der Waals surface area contributed by atoms with Crippen molar-refractivity contribution in [2.75, 3.05) is 6.54 Å². The number of aromatic hydroxyl groups is 1. The Balaban J connectivity index is 1.19. The van der Waals surface area contributed by atoms with Gasteiger partial charge in [0.2, 0.25) is 5.91 Å². The standard InChI is InChI=1S/C37H37ClN2O5/c38-28-17-13-25(14-18-28)21-29(39-37(44)34-22-33(42)31-8-5-9-32(41)36(31)45-34)20-24-11-15-26(16-12-24)30-7-2-1-6-27(30)23-40-19-4-3-10-35(40)43/h1-2,5-9,13-14,17-18,20,22,26,29,41H,3-4,10-12,15-16,19,21,23H2,(H,39,44)/t26?,29-/m1/s1. The van der Waals surface area contributed by atoms with Crippen molar-refractivity contribution in [1.29, 1.82) is 0 Å². The molecule has 45 heavy (non-hydrogen) atoms. The summed E-state index contributed by atoms with van der Waals surface area (Å²) < 4.78 is 5.70. The van der Waals surface area contributed by atoms with Crippen molar-refractivity contribution in [1.82, 2.24) is 10.2 Å². The molecule has 1 aliphatic carbocycles. The lowest BCUT2D eigenvalue weighted by Crippen LogP contribution is -2.36. The molecule has 232 valence electrons. The van der Waals surface area contributed by atoms with E-state index in [4.69, 9.17) is 16.0 Å². The highest BCUT2D eigenvalue weighted by Crippen LogP contribution is 2.37. The lowest BCUT2D eigenvalue weighted by Gasteiger charge is -2.31. The fraction of sp³-hybridized carbons (Fsp3) is 0.324. The van der Waals surface area contributed by atoms with Crippen molar-refractivity contribution in [2.45, 2.75) is 69.9 Å². The first-order valence-corrected chi connectivity index (χ1v) is 16.1. The fourth-order valence-corrected chi connectivity index (χ4v) is 6.73. The zero-order valence-corrected chi connectivity index (χ0v) is 25.9. The van der Waals surface area contributed by atoms with E-state index in [1.54, 1.807) is 12.1 Å². The van der Waals surface area contributed by atoms with Crippen LogP contribution in [-0.2, 0) is 17.8 Å². The van der Waals surface area contributed by atoms with Gasteiger partial charge in [0.15, 0.2) is 22.5 Å². The van der Waals surface area contributed by atoms with Crippen molar-refractivity contribution in [2.24, 2.45) is 0 Å². The van der Waals surface area contributed by atoms with Gasteiger partial charge in [0.05, 0.1) is 11.4 Å². The number of benzene rings is 3. The number of phenols is 1. The molecule has 0 spiro atoms. The molecule has 1 saturated heterocycles. The number of piperidine rings is 1. The average Bonchev–Trinajstić information content (AvgIpc) is 3.04. The molecule has 2 N–H and O–H groups in total. The van der Waals surface area contributed by atoms with Crippen molar-refractivity contribution in [3.8, 4) is 5.75 Å². The second kappa shape index (κ2) is 13.7. The predicted molar refractivity (Wildman–Crippen MR) is 176 cm³/mol. The number of nitrogens with one attached hydrogen (secondary N) is 1.